The molecule has 0 aliphatic heterocycles. The van der Waals surface area contributed by atoms with Crippen LogP contribution in [0.5, 0.6) is 5.75 Å². The SMILES string of the molecule is Oc1ccc2c(c1)CC(CNC1CCCC1)C2. The average molecular weight is 231 g/mol. The Bertz CT molecular complexity index is 396. The Kier molecular flexibility index (Phi) is 3.06. The van der Waals surface area contributed by atoms with Crippen molar-refractivity contribution in [3.8, 4) is 5.75 Å². The molecule has 0 saturated heterocycles. The molecule has 1 aromatic rings. The first-order valence-corrected chi connectivity index (χ1v) is 6.85. The van der Waals surface area contributed by atoms with Gasteiger partial charge in [-0.25, -0.2) is 0 Å². The van der Waals surface area contributed by atoms with Crippen LogP contribution in [-0.2, 0) is 12.8 Å². The summed E-state index contributed by atoms with van der Waals surface area (Å²) in [5, 5.41) is 13.2. The molecule has 1 atom stereocenters. The molecule has 2 nitrogen and oxygen atoms in total. The second-order valence-corrected chi connectivity index (χ2v) is 5.62. The molecule has 0 radical (unpaired) electrons. The van der Waals surface area contributed by atoms with E-state index in [9.17, 15) is 5.11 Å². The van der Waals surface area contributed by atoms with Crippen LogP contribution in [0.15, 0.2) is 18.2 Å². The van der Waals surface area contributed by atoms with Crippen molar-refractivity contribution in [2.75, 3.05) is 6.54 Å². The van der Waals surface area contributed by atoms with Gasteiger partial charge in [0.15, 0.2) is 0 Å². The Morgan fingerprint density at radius 3 is 2.71 bits per heavy atom. The first-order valence-electron chi connectivity index (χ1n) is 6.85. The summed E-state index contributed by atoms with van der Waals surface area (Å²) in [7, 11) is 0. The van der Waals surface area contributed by atoms with E-state index < -0.39 is 0 Å². The molecule has 1 fully saturated rings. The van der Waals surface area contributed by atoms with Crippen LogP contribution in [0.25, 0.3) is 0 Å². The Labute approximate surface area is 103 Å². The number of hydrogen-bond donors (Lipinski definition) is 2. The minimum atomic E-state index is 0.410. The monoisotopic (exact) mass is 231 g/mol. The number of hydrogen-bond acceptors (Lipinski definition) is 2. The van der Waals surface area contributed by atoms with Crippen molar-refractivity contribution < 1.29 is 5.11 Å². The number of benzene rings is 1. The summed E-state index contributed by atoms with van der Waals surface area (Å²) < 4.78 is 0. The van der Waals surface area contributed by atoms with Crippen molar-refractivity contribution in [1.29, 1.82) is 0 Å². The average Bonchev–Trinajstić information content (AvgIpc) is 2.94. The van der Waals surface area contributed by atoms with Gasteiger partial charge in [0.1, 0.15) is 5.75 Å². The molecule has 0 bridgehead atoms. The molecule has 2 heteroatoms. The molecular weight excluding hydrogens is 210 g/mol. The molecule has 0 aromatic heterocycles. The fourth-order valence-electron chi connectivity index (χ4n) is 3.30. The highest BCUT2D eigenvalue weighted by Crippen LogP contribution is 2.29. The predicted octanol–water partition coefficient (Wildman–Crippen LogP) is 2.64. The Hall–Kier alpha value is -1.02. The summed E-state index contributed by atoms with van der Waals surface area (Å²) in [5.74, 6) is 1.14. The highest BCUT2D eigenvalue weighted by atomic mass is 16.3. The zero-order chi connectivity index (χ0) is 11.7. The third kappa shape index (κ3) is 2.47. The summed E-state index contributed by atoms with van der Waals surface area (Å²) >= 11 is 0. The highest BCUT2D eigenvalue weighted by Gasteiger charge is 2.23. The van der Waals surface area contributed by atoms with E-state index in [0.29, 0.717) is 5.75 Å². The van der Waals surface area contributed by atoms with E-state index in [1.807, 2.05) is 12.1 Å². The van der Waals surface area contributed by atoms with Crippen molar-refractivity contribution in [2.24, 2.45) is 5.92 Å². The smallest absolute Gasteiger partial charge is 0.115 e. The molecule has 2 aliphatic carbocycles. The highest BCUT2D eigenvalue weighted by molar-refractivity contribution is 5.38. The fourth-order valence-corrected chi connectivity index (χ4v) is 3.30. The van der Waals surface area contributed by atoms with Crippen LogP contribution >= 0.6 is 0 Å². The normalized spacial score (nSPS) is 24.1. The van der Waals surface area contributed by atoms with E-state index in [4.69, 9.17) is 0 Å². The van der Waals surface area contributed by atoms with Crippen LogP contribution in [-0.4, -0.2) is 17.7 Å². The molecule has 1 saturated carbocycles. The third-order valence-electron chi connectivity index (χ3n) is 4.26. The molecular formula is C15H21NO. The van der Waals surface area contributed by atoms with Crippen molar-refractivity contribution in [1.82, 2.24) is 5.32 Å². The fraction of sp³-hybridized carbons (Fsp3) is 0.600. The lowest BCUT2D eigenvalue weighted by atomic mass is 10.1. The molecule has 92 valence electrons. The van der Waals surface area contributed by atoms with Gasteiger partial charge >= 0.3 is 0 Å². The maximum atomic E-state index is 9.47. The quantitative estimate of drug-likeness (QED) is 0.838. The molecule has 2 N–H and O–H groups in total. The number of fused-ring (bicyclic) bond motifs is 1. The van der Waals surface area contributed by atoms with Crippen LogP contribution in [0.1, 0.15) is 36.8 Å². The van der Waals surface area contributed by atoms with E-state index in [-0.39, 0.29) is 0 Å². The first kappa shape index (κ1) is 11.1. The topological polar surface area (TPSA) is 32.3 Å². The van der Waals surface area contributed by atoms with Crippen molar-refractivity contribution in [2.45, 2.75) is 44.6 Å². The number of nitrogens with one attached hydrogen (secondary N) is 1. The zero-order valence-corrected chi connectivity index (χ0v) is 10.3. The number of phenolic OH excluding ortho intramolecular Hbond substituents is 1. The van der Waals surface area contributed by atoms with Crippen LogP contribution in [0.4, 0.5) is 0 Å². The Morgan fingerprint density at radius 2 is 1.88 bits per heavy atom. The van der Waals surface area contributed by atoms with Crippen molar-refractivity contribution in [3.05, 3.63) is 29.3 Å². The molecule has 1 unspecified atom stereocenters. The van der Waals surface area contributed by atoms with Gasteiger partial charge in [0, 0.05) is 6.04 Å². The van der Waals surface area contributed by atoms with E-state index >= 15 is 0 Å². The Morgan fingerprint density at radius 1 is 1.12 bits per heavy atom. The Balaban J connectivity index is 1.55. The zero-order valence-electron chi connectivity index (χ0n) is 10.3. The molecule has 0 amide bonds. The van der Waals surface area contributed by atoms with Gasteiger partial charge in [-0.05, 0) is 61.4 Å². The second-order valence-electron chi connectivity index (χ2n) is 5.62. The lowest BCUT2D eigenvalue weighted by Crippen LogP contribution is -2.31. The third-order valence-corrected chi connectivity index (χ3v) is 4.26. The van der Waals surface area contributed by atoms with Gasteiger partial charge in [0.05, 0.1) is 0 Å². The second kappa shape index (κ2) is 4.69. The maximum absolute atomic E-state index is 9.47. The van der Waals surface area contributed by atoms with Crippen LogP contribution in [0.3, 0.4) is 0 Å². The van der Waals surface area contributed by atoms with E-state index in [1.54, 1.807) is 0 Å². The lowest BCUT2D eigenvalue weighted by molar-refractivity contribution is 0.439. The molecule has 0 heterocycles. The van der Waals surface area contributed by atoms with E-state index in [2.05, 4.69) is 11.4 Å². The number of phenols is 1. The van der Waals surface area contributed by atoms with Gasteiger partial charge in [0.2, 0.25) is 0 Å². The van der Waals surface area contributed by atoms with Gasteiger partial charge < -0.3 is 10.4 Å². The first-order chi connectivity index (χ1) is 8.31. The minimum absolute atomic E-state index is 0.410. The standard InChI is InChI=1S/C15H21NO/c17-15-6-5-12-7-11(8-13(12)9-15)10-16-14-3-1-2-4-14/h5-6,9,11,14,16-17H,1-4,7-8,10H2. The lowest BCUT2D eigenvalue weighted by Gasteiger charge is -2.15. The van der Waals surface area contributed by atoms with E-state index in [1.165, 1.54) is 43.2 Å². The van der Waals surface area contributed by atoms with Gasteiger partial charge in [-0.1, -0.05) is 18.9 Å². The van der Waals surface area contributed by atoms with Crippen molar-refractivity contribution >= 4 is 0 Å². The molecule has 3 rings (SSSR count). The molecule has 2 aliphatic rings. The summed E-state index contributed by atoms with van der Waals surface area (Å²) in [6.45, 7) is 1.14. The van der Waals surface area contributed by atoms with Gasteiger partial charge in [-0.2, -0.15) is 0 Å². The largest absolute Gasteiger partial charge is 0.508 e. The van der Waals surface area contributed by atoms with Crippen LogP contribution in [0.2, 0.25) is 0 Å². The summed E-state index contributed by atoms with van der Waals surface area (Å²) in [5.41, 5.74) is 2.78. The summed E-state index contributed by atoms with van der Waals surface area (Å²) in [4.78, 5) is 0. The van der Waals surface area contributed by atoms with E-state index in [0.717, 1.165) is 24.9 Å². The molecule has 1 aromatic carbocycles. The number of aromatic hydroxyl groups is 1. The molecule has 0 spiro atoms. The van der Waals surface area contributed by atoms with Gasteiger partial charge in [-0.15, -0.1) is 0 Å². The van der Waals surface area contributed by atoms with Crippen LogP contribution < -0.4 is 5.32 Å². The van der Waals surface area contributed by atoms with Crippen molar-refractivity contribution in [3.63, 3.8) is 0 Å². The maximum Gasteiger partial charge on any atom is 0.115 e. The van der Waals surface area contributed by atoms with Crippen LogP contribution in [0, 0.1) is 5.92 Å². The van der Waals surface area contributed by atoms with Gasteiger partial charge in [-0.3, -0.25) is 0 Å². The van der Waals surface area contributed by atoms with Gasteiger partial charge in [0.25, 0.3) is 0 Å². The summed E-state index contributed by atoms with van der Waals surface area (Å²) in [6.07, 6.45) is 7.83. The summed E-state index contributed by atoms with van der Waals surface area (Å²) in [6, 6.07) is 6.60. The minimum Gasteiger partial charge on any atom is -0.508 e. The molecule has 17 heavy (non-hydrogen) atoms. The number of rotatable bonds is 3. The predicted molar refractivity (Wildman–Crippen MR) is 69.3 cm³/mol.